The van der Waals surface area contributed by atoms with E-state index >= 15 is 0 Å². The molecule has 0 aromatic carbocycles. The Kier molecular flexibility index (Phi) is 68.5. The number of hydrogen-bond donors (Lipinski definition) is 0. The maximum Gasteiger partial charge on any atom is 0.306 e. The Bertz CT molecular complexity index is 1310. The average Bonchev–Trinajstić information content (AvgIpc) is 3.47. The summed E-state index contributed by atoms with van der Waals surface area (Å²) in [7, 11) is 0. The summed E-state index contributed by atoms with van der Waals surface area (Å²) in [6.45, 7) is 6.73. The molecule has 0 fully saturated rings. The summed E-state index contributed by atoms with van der Waals surface area (Å²) in [5.74, 6) is -0.832. The first-order valence-electron chi connectivity index (χ1n) is 36.8. The van der Waals surface area contributed by atoms with E-state index in [0.29, 0.717) is 19.3 Å². The second kappa shape index (κ2) is 70.4. The predicted octanol–water partition coefficient (Wildman–Crippen LogP) is 25.3. The third-order valence-electron chi connectivity index (χ3n) is 16.9. The van der Waals surface area contributed by atoms with Crippen molar-refractivity contribution in [1.82, 2.24) is 0 Å². The Balaban J connectivity index is 4.28. The minimum Gasteiger partial charge on any atom is -0.462 e. The van der Waals surface area contributed by atoms with Gasteiger partial charge in [0.1, 0.15) is 13.2 Å². The van der Waals surface area contributed by atoms with Gasteiger partial charge in [-0.05, 0) is 70.6 Å². The fourth-order valence-electron chi connectivity index (χ4n) is 11.4. The molecule has 0 aromatic rings. The van der Waals surface area contributed by atoms with Gasteiger partial charge in [0, 0.05) is 19.3 Å². The SMILES string of the molecule is CCCCCCCCCC/C=C\CCCCCCCCCCCCCC(=O)OCC(COC(=O)CCCCCCCCCCCCCCCCCCC)OC(=O)CCCCCCCCCCCCC/C=C\CCCCCCCCCC. The van der Waals surface area contributed by atoms with E-state index in [1.807, 2.05) is 0 Å². The Morgan fingerprint density at radius 1 is 0.235 bits per heavy atom. The number of allylic oxidation sites excluding steroid dienone is 4. The van der Waals surface area contributed by atoms with Crippen molar-refractivity contribution in [1.29, 1.82) is 0 Å². The average molecular weight is 1140 g/mol. The minimum absolute atomic E-state index is 0.0654. The molecule has 0 aliphatic rings. The number of rotatable bonds is 69. The zero-order valence-electron chi connectivity index (χ0n) is 55.1. The number of carbonyl (C=O) groups excluding carboxylic acids is 3. The van der Waals surface area contributed by atoms with Crippen LogP contribution in [0.2, 0.25) is 0 Å². The van der Waals surface area contributed by atoms with Crippen molar-refractivity contribution < 1.29 is 28.6 Å². The largest absolute Gasteiger partial charge is 0.462 e. The number of ether oxygens (including phenoxy) is 3. The normalized spacial score (nSPS) is 12.1. The van der Waals surface area contributed by atoms with Crippen LogP contribution in [0.5, 0.6) is 0 Å². The summed E-state index contributed by atoms with van der Waals surface area (Å²) in [6.07, 6.45) is 86.4. The molecule has 0 heterocycles. The van der Waals surface area contributed by atoms with E-state index in [4.69, 9.17) is 14.2 Å². The zero-order chi connectivity index (χ0) is 58.5. The van der Waals surface area contributed by atoms with E-state index in [2.05, 4.69) is 45.1 Å². The number of hydrogen-bond acceptors (Lipinski definition) is 6. The summed E-state index contributed by atoms with van der Waals surface area (Å²) in [4.78, 5) is 38.5. The lowest BCUT2D eigenvalue weighted by Crippen LogP contribution is -2.30. The van der Waals surface area contributed by atoms with Gasteiger partial charge in [-0.2, -0.15) is 0 Å². The highest BCUT2D eigenvalue weighted by atomic mass is 16.6. The Morgan fingerprint density at radius 2 is 0.407 bits per heavy atom. The molecule has 0 aliphatic carbocycles. The molecule has 478 valence electrons. The van der Waals surface area contributed by atoms with Gasteiger partial charge >= 0.3 is 17.9 Å². The van der Waals surface area contributed by atoms with Gasteiger partial charge in [-0.15, -0.1) is 0 Å². The lowest BCUT2D eigenvalue weighted by atomic mass is 10.0. The number of unbranched alkanes of at least 4 members (excludes halogenated alkanes) is 54. The molecule has 0 aliphatic heterocycles. The van der Waals surface area contributed by atoms with Gasteiger partial charge in [0.15, 0.2) is 6.10 Å². The first kappa shape index (κ1) is 78.9. The summed E-state index contributed by atoms with van der Waals surface area (Å²) < 4.78 is 17.0. The molecular formula is C75H142O6. The summed E-state index contributed by atoms with van der Waals surface area (Å²) >= 11 is 0. The van der Waals surface area contributed by atoms with Crippen molar-refractivity contribution in [3.05, 3.63) is 24.3 Å². The molecule has 1 unspecified atom stereocenters. The van der Waals surface area contributed by atoms with Crippen molar-refractivity contribution in [2.75, 3.05) is 13.2 Å². The van der Waals surface area contributed by atoms with Gasteiger partial charge in [0.05, 0.1) is 0 Å². The lowest BCUT2D eigenvalue weighted by Gasteiger charge is -2.18. The van der Waals surface area contributed by atoms with Gasteiger partial charge in [0.2, 0.25) is 0 Å². The van der Waals surface area contributed by atoms with Crippen molar-refractivity contribution in [3.63, 3.8) is 0 Å². The van der Waals surface area contributed by atoms with Gasteiger partial charge < -0.3 is 14.2 Å². The van der Waals surface area contributed by atoms with Crippen LogP contribution in [0.25, 0.3) is 0 Å². The maximum atomic E-state index is 13.0. The van der Waals surface area contributed by atoms with Crippen LogP contribution in [0, 0.1) is 0 Å². The van der Waals surface area contributed by atoms with Crippen molar-refractivity contribution in [2.24, 2.45) is 0 Å². The molecule has 0 aromatic heterocycles. The van der Waals surface area contributed by atoms with Gasteiger partial charge in [0.25, 0.3) is 0 Å². The monoisotopic (exact) mass is 1140 g/mol. The van der Waals surface area contributed by atoms with E-state index in [-0.39, 0.29) is 31.1 Å². The topological polar surface area (TPSA) is 78.9 Å². The number of esters is 3. The van der Waals surface area contributed by atoms with Crippen LogP contribution in [0.4, 0.5) is 0 Å². The fourth-order valence-corrected chi connectivity index (χ4v) is 11.4. The Hall–Kier alpha value is -2.11. The molecule has 6 heteroatoms. The lowest BCUT2D eigenvalue weighted by molar-refractivity contribution is -0.167. The third-order valence-corrected chi connectivity index (χ3v) is 16.9. The maximum absolute atomic E-state index is 13.0. The smallest absolute Gasteiger partial charge is 0.306 e. The molecule has 0 rings (SSSR count). The molecule has 0 radical (unpaired) electrons. The number of carbonyl (C=O) groups is 3. The highest BCUT2D eigenvalue weighted by Gasteiger charge is 2.20. The van der Waals surface area contributed by atoms with E-state index < -0.39 is 6.10 Å². The van der Waals surface area contributed by atoms with E-state index in [1.54, 1.807) is 0 Å². The van der Waals surface area contributed by atoms with Crippen LogP contribution in [0.1, 0.15) is 419 Å². The van der Waals surface area contributed by atoms with Crippen LogP contribution < -0.4 is 0 Å². The molecule has 0 bridgehead atoms. The van der Waals surface area contributed by atoms with Crippen LogP contribution >= 0.6 is 0 Å². The van der Waals surface area contributed by atoms with Crippen LogP contribution in [-0.2, 0) is 28.6 Å². The molecule has 1 atom stereocenters. The fraction of sp³-hybridized carbons (Fsp3) is 0.907. The predicted molar refractivity (Wildman–Crippen MR) is 353 cm³/mol. The molecule has 0 spiro atoms. The Morgan fingerprint density at radius 3 is 0.617 bits per heavy atom. The summed E-state index contributed by atoms with van der Waals surface area (Å²) in [5.41, 5.74) is 0. The molecule has 0 amide bonds. The summed E-state index contributed by atoms with van der Waals surface area (Å²) in [6, 6.07) is 0. The van der Waals surface area contributed by atoms with Gasteiger partial charge in [-0.25, -0.2) is 0 Å². The van der Waals surface area contributed by atoms with Gasteiger partial charge in [-0.1, -0.05) is 353 Å². The highest BCUT2D eigenvalue weighted by molar-refractivity contribution is 5.71. The molecule has 0 saturated carbocycles. The molecule has 6 nitrogen and oxygen atoms in total. The molecule has 81 heavy (non-hydrogen) atoms. The Labute approximate surface area is 506 Å². The van der Waals surface area contributed by atoms with Crippen molar-refractivity contribution in [3.8, 4) is 0 Å². The second-order valence-electron chi connectivity index (χ2n) is 25.2. The first-order valence-corrected chi connectivity index (χ1v) is 36.8. The zero-order valence-corrected chi connectivity index (χ0v) is 55.1. The van der Waals surface area contributed by atoms with Crippen LogP contribution in [-0.4, -0.2) is 37.2 Å². The van der Waals surface area contributed by atoms with E-state index in [1.165, 1.54) is 321 Å². The molecule has 0 saturated heterocycles. The van der Waals surface area contributed by atoms with Crippen LogP contribution in [0.15, 0.2) is 24.3 Å². The van der Waals surface area contributed by atoms with E-state index in [0.717, 1.165) is 57.8 Å². The standard InChI is InChI=1S/C75H142O6/c1-4-7-10-13-16-19-22-25-28-31-33-35-37-39-41-44-47-50-53-56-59-62-65-68-74(77)80-71-72(70-79-73(76)67-64-61-58-55-52-49-46-43-30-27-24-21-18-15-12-9-6-3)81-75(78)69-66-63-60-57-54-51-48-45-42-40-38-36-34-32-29-26-23-20-17-14-11-8-5-2/h31-34,72H,4-30,35-71H2,1-3H3/b33-31-,34-32-. The van der Waals surface area contributed by atoms with Crippen molar-refractivity contribution >= 4 is 17.9 Å². The first-order chi connectivity index (χ1) is 40.0. The minimum atomic E-state index is -0.770. The van der Waals surface area contributed by atoms with E-state index in [9.17, 15) is 14.4 Å². The highest BCUT2D eigenvalue weighted by Crippen LogP contribution is 2.19. The second-order valence-corrected chi connectivity index (χ2v) is 25.2. The quantitative estimate of drug-likeness (QED) is 0.0261. The van der Waals surface area contributed by atoms with Gasteiger partial charge in [-0.3, -0.25) is 14.4 Å². The van der Waals surface area contributed by atoms with Crippen molar-refractivity contribution in [2.45, 2.75) is 425 Å². The molecular weight excluding hydrogens is 997 g/mol. The molecule has 0 N–H and O–H groups in total. The third kappa shape index (κ3) is 68.6. The van der Waals surface area contributed by atoms with Crippen LogP contribution in [0.3, 0.4) is 0 Å². The summed E-state index contributed by atoms with van der Waals surface area (Å²) in [5, 5.41) is 0.